The molecule has 0 aliphatic rings. The van der Waals surface area contributed by atoms with Gasteiger partial charge in [-0.25, -0.2) is 4.99 Å². The molecule has 3 N–H and O–H groups in total. The van der Waals surface area contributed by atoms with Gasteiger partial charge in [0.15, 0.2) is 5.96 Å². The van der Waals surface area contributed by atoms with Gasteiger partial charge in [-0.1, -0.05) is 19.1 Å². The van der Waals surface area contributed by atoms with Gasteiger partial charge in [-0.2, -0.15) is 5.10 Å². The first kappa shape index (κ1) is 14.1. The summed E-state index contributed by atoms with van der Waals surface area (Å²) in [5.74, 6) is 0.407. The summed E-state index contributed by atoms with van der Waals surface area (Å²) in [6.45, 7) is 5.53. The smallest absolute Gasteiger partial charge is 0.193 e. The van der Waals surface area contributed by atoms with Crippen molar-refractivity contribution in [1.82, 2.24) is 9.78 Å². The second-order valence-corrected chi connectivity index (χ2v) is 4.54. The number of benzene rings is 1. The third kappa shape index (κ3) is 3.85. The lowest BCUT2D eigenvalue weighted by molar-refractivity contribution is 0.647. The maximum absolute atomic E-state index is 5.89. The zero-order valence-corrected chi connectivity index (χ0v) is 12.0. The first-order chi connectivity index (χ1) is 9.71. The minimum Gasteiger partial charge on any atom is -0.370 e. The molecule has 20 heavy (non-hydrogen) atoms. The SMILES string of the molecule is CCc1cccc(NC(N)=NCc2ccn(CC)n2)c1. The van der Waals surface area contributed by atoms with Gasteiger partial charge in [-0.3, -0.25) is 4.68 Å². The Hall–Kier alpha value is -2.30. The third-order valence-corrected chi connectivity index (χ3v) is 3.04. The van der Waals surface area contributed by atoms with Crippen LogP contribution in [-0.2, 0) is 19.5 Å². The van der Waals surface area contributed by atoms with Crippen LogP contribution in [0, 0.1) is 0 Å². The summed E-state index contributed by atoms with van der Waals surface area (Å²) >= 11 is 0. The molecule has 2 aromatic rings. The molecule has 1 aromatic heterocycles. The molecule has 5 heteroatoms. The Bertz CT molecular complexity index is 585. The molecule has 0 unspecified atom stereocenters. The monoisotopic (exact) mass is 271 g/mol. The van der Waals surface area contributed by atoms with Crippen LogP contribution in [0.25, 0.3) is 0 Å². The number of aromatic nitrogens is 2. The van der Waals surface area contributed by atoms with E-state index in [1.807, 2.05) is 29.1 Å². The fourth-order valence-corrected chi connectivity index (χ4v) is 1.89. The second kappa shape index (κ2) is 6.75. The zero-order valence-electron chi connectivity index (χ0n) is 12.0. The molecule has 0 saturated carbocycles. The maximum Gasteiger partial charge on any atom is 0.193 e. The van der Waals surface area contributed by atoms with E-state index in [4.69, 9.17) is 5.73 Å². The lowest BCUT2D eigenvalue weighted by Crippen LogP contribution is -2.22. The van der Waals surface area contributed by atoms with E-state index in [9.17, 15) is 0 Å². The summed E-state index contributed by atoms with van der Waals surface area (Å²) < 4.78 is 1.87. The molecule has 1 aromatic carbocycles. The molecule has 0 fully saturated rings. The Kier molecular flexibility index (Phi) is 4.76. The molecule has 106 valence electrons. The molecule has 5 nitrogen and oxygen atoms in total. The molecule has 0 saturated heterocycles. The lowest BCUT2D eigenvalue weighted by Gasteiger charge is -2.06. The molecule has 0 bridgehead atoms. The Morgan fingerprint density at radius 1 is 1.35 bits per heavy atom. The van der Waals surface area contributed by atoms with Gasteiger partial charge < -0.3 is 11.1 Å². The van der Waals surface area contributed by atoms with Crippen LogP contribution in [0.5, 0.6) is 0 Å². The number of rotatable bonds is 5. The summed E-state index contributed by atoms with van der Waals surface area (Å²) in [4.78, 5) is 4.30. The normalized spacial score (nSPS) is 11.6. The van der Waals surface area contributed by atoms with Crippen LogP contribution in [0.15, 0.2) is 41.5 Å². The highest BCUT2D eigenvalue weighted by atomic mass is 15.3. The van der Waals surface area contributed by atoms with E-state index in [-0.39, 0.29) is 0 Å². The molecule has 1 heterocycles. The molecule has 0 aliphatic heterocycles. The number of aryl methyl sites for hydroxylation is 2. The van der Waals surface area contributed by atoms with E-state index in [0.717, 1.165) is 24.3 Å². The van der Waals surface area contributed by atoms with Crippen molar-refractivity contribution >= 4 is 11.6 Å². The van der Waals surface area contributed by atoms with Gasteiger partial charge in [0.2, 0.25) is 0 Å². The molecule has 0 amide bonds. The van der Waals surface area contributed by atoms with E-state index in [0.29, 0.717) is 12.5 Å². The van der Waals surface area contributed by atoms with E-state index < -0.39 is 0 Å². The van der Waals surface area contributed by atoms with E-state index >= 15 is 0 Å². The summed E-state index contributed by atoms with van der Waals surface area (Å²) in [6, 6.07) is 10.1. The van der Waals surface area contributed by atoms with Crippen molar-refractivity contribution in [2.45, 2.75) is 33.4 Å². The Labute approximate surface area is 119 Å². The Morgan fingerprint density at radius 3 is 2.90 bits per heavy atom. The first-order valence-corrected chi connectivity index (χ1v) is 6.89. The number of aliphatic imine (C=N–C) groups is 1. The molecule has 0 aliphatic carbocycles. The van der Waals surface area contributed by atoms with Crippen LogP contribution in [0.3, 0.4) is 0 Å². The largest absolute Gasteiger partial charge is 0.370 e. The standard InChI is InChI=1S/C15H21N5/c1-3-12-6-5-7-13(10-12)18-15(16)17-11-14-8-9-20(4-2)19-14/h5-10H,3-4,11H2,1-2H3,(H3,16,17,18). The topological polar surface area (TPSA) is 68.2 Å². The number of anilines is 1. The molecule has 2 rings (SSSR count). The summed E-state index contributed by atoms with van der Waals surface area (Å²) in [7, 11) is 0. The zero-order chi connectivity index (χ0) is 14.4. The predicted molar refractivity (Wildman–Crippen MR) is 82.7 cm³/mol. The summed E-state index contributed by atoms with van der Waals surface area (Å²) in [6.07, 6.45) is 2.94. The fraction of sp³-hybridized carbons (Fsp3) is 0.333. The van der Waals surface area contributed by atoms with Crippen molar-refractivity contribution in [2.75, 3.05) is 5.32 Å². The van der Waals surface area contributed by atoms with Crippen LogP contribution in [0.2, 0.25) is 0 Å². The number of nitrogens with two attached hydrogens (primary N) is 1. The molecule has 0 spiro atoms. The molecule has 0 atom stereocenters. The minimum atomic E-state index is 0.407. The minimum absolute atomic E-state index is 0.407. The van der Waals surface area contributed by atoms with Crippen molar-refractivity contribution in [3.8, 4) is 0 Å². The van der Waals surface area contributed by atoms with Crippen molar-refractivity contribution in [1.29, 1.82) is 0 Å². The van der Waals surface area contributed by atoms with Crippen molar-refractivity contribution in [2.24, 2.45) is 10.7 Å². The Morgan fingerprint density at radius 2 is 2.20 bits per heavy atom. The third-order valence-electron chi connectivity index (χ3n) is 3.04. The quantitative estimate of drug-likeness (QED) is 0.648. The molecular weight excluding hydrogens is 250 g/mol. The average molecular weight is 271 g/mol. The van der Waals surface area contributed by atoms with Crippen LogP contribution < -0.4 is 11.1 Å². The molecule has 0 radical (unpaired) electrons. The highest BCUT2D eigenvalue weighted by molar-refractivity contribution is 5.92. The number of guanidine groups is 1. The number of hydrogen-bond acceptors (Lipinski definition) is 2. The first-order valence-electron chi connectivity index (χ1n) is 6.89. The van der Waals surface area contributed by atoms with Gasteiger partial charge in [0.1, 0.15) is 0 Å². The average Bonchev–Trinajstić information content (AvgIpc) is 2.93. The van der Waals surface area contributed by atoms with Crippen LogP contribution in [-0.4, -0.2) is 15.7 Å². The van der Waals surface area contributed by atoms with Crippen molar-refractivity contribution in [3.05, 3.63) is 47.8 Å². The number of nitrogens with zero attached hydrogens (tertiary/aromatic N) is 3. The van der Waals surface area contributed by atoms with Crippen LogP contribution in [0.1, 0.15) is 25.1 Å². The Balaban J connectivity index is 1.96. The van der Waals surface area contributed by atoms with Crippen LogP contribution in [0.4, 0.5) is 5.69 Å². The number of nitrogens with one attached hydrogen (secondary N) is 1. The fourth-order valence-electron chi connectivity index (χ4n) is 1.89. The lowest BCUT2D eigenvalue weighted by atomic mass is 10.1. The van der Waals surface area contributed by atoms with E-state index in [1.165, 1.54) is 5.56 Å². The van der Waals surface area contributed by atoms with Crippen molar-refractivity contribution in [3.63, 3.8) is 0 Å². The second-order valence-electron chi connectivity index (χ2n) is 4.54. The summed E-state index contributed by atoms with van der Waals surface area (Å²) in [5.41, 5.74) is 9.04. The van der Waals surface area contributed by atoms with Gasteiger partial charge in [-0.05, 0) is 37.1 Å². The van der Waals surface area contributed by atoms with Gasteiger partial charge in [0.05, 0.1) is 12.2 Å². The maximum atomic E-state index is 5.89. The van der Waals surface area contributed by atoms with Gasteiger partial charge in [-0.15, -0.1) is 0 Å². The van der Waals surface area contributed by atoms with Gasteiger partial charge in [0, 0.05) is 18.4 Å². The van der Waals surface area contributed by atoms with E-state index in [1.54, 1.807) is 0 Å². The highest BCUT2D eigenvalue weighted by Crippen LogP contribution is 2.10. The highest BCUT2D eigenvalue weighted by Gasteiger charge is 1.99. The summed E-state index contributed by atoms with van der Waals surface area (Å²) in [5, 5.41) is 7.46. The van der Waals surface area contributed by atoms with Gasteiger partial charge >= 0.3 is 0 Å². The van der Waals surface area contributed by atoms with Gasteiger partial charge in [0.25, 0.3) is 0 Å². The van der Waals surface area contributed by atoms with Crippen LogP contribution >= 0.6 is 0 Å². The van der Waals surface area contributed by atoms with E-state index in [2.05, 4.69) is 41.4 Å². The number of hydrogen-bond donors (Lipinski definition) is 2. The van der Waals surface area contributed by atoms with Crippen molar-refractivity contribution < 1.29 is 0 Å². The molecular formula is C15H21N5. The predicted octanol–water partition coefficient (Wildman–Crippen LogP) is 2.39.